The van der Waals surface area contributed by atoms with Gasteiger partial charge in [0.25, 0.3) is 5.97 Å². The first-order valence-corrected chi connectivity index (χ1v) is 35.9. The molecule has 0 fully saturated rings. The van der Waals surface area contributed by atoms with Gasteiger partial charge < -0.3 is 76.5 Å². The van der Waals surface area contributed by atoms with Gasteiger partial charge in [0.15, 0.2) is 0 Å². The molecule has 0 bridgehead atoms. The molecule has 0 saturated heterocycles. The van der Waals surface area contributed by atoms with Crippen LogP contribution in [0.4, 0.5) is 0 Å². The van der Waals surface area contributed by atoms with Gasteiger partial charge in [0.05, 0.1) is 84.7 Å². The molecule has 0 amide bonds. The van der Waals surface area contributed by atoms with E-state index in [9.17, 15) is 38.4 Å². The predicted octanol–water partition coefficient (Wildman–Crippen LogP) is 18.8. The number of phenols is 1. The normalized spacial score (nSPS) is 9.67. The molecule has 0 saturated carbocycles. The van der Waals surface area contributed by atoms with Gasteiger partial charge in [-0.15, -0.1) is 0 Å². The Hall–Kier alpha value is -15.5. The molecule has 0 radical (unpaired) electrons. The van der Waals surface area contributed by atoms with Crippen molar-refractivity contribution in [2.45, 2.75) is 35.1 Å². The minimum atomic E-state index is -0.833. The molecule has 120 heavy (non-hydrogen) atoms. The highest BCUT2D eigenvalue weighted by molar-refractivity contribution is 5.93. The first-order chi connectivity index (χ1) is 57.3. The third-order valence-corrected chi connectivity index (χ3v) is 16.0. The van der Waals surface area contributed by atoms with Crippen molar-refractivity contribution in [1.29, 1.82) is 0 Å². The van der Waals surface area contributed by atoms with E-state index in [0.29, 0.717) is 68.1 Å². The van der Waals surface area contributed by atoms with Gasteiger partial charge in [-0.2, -0.15) is 0 Å². The lowest BCUT2D eigenvalue weighted by Crippen LogP contribution is -2.10. The molecule has 0 heterocycles. The topological polar surface area (TPSA) is 323 Å². The number of carboxylic acids is 1. The summed E-state index contributed by atoms with van der Waals surface area (Å²) in [4.78, 5) is 99.4. The van der Waals surface area contributed by atoms with E-state index in [1.807, 2.05) is 133 Å². The highest BCUT2D eigenvalue weighted by atomic mass is 16.7. The smallest absolute Gasteiger partial charge is 0.343 e. The summed E-state index contributed by atoms with van der Waals surface area (Å²) in [5, 5.41) is 16.6. The maximum absolute atomic E-state index is 11.9. The van der Waals surface area contributed by atoms with Crippen LogP contribution < -0.4 is 47.4 Å². The number of hydrogen-bond donors (Lipinski definition) is 2. The van der Waals surface area contributed by atoms with Crippen molar-refractivity contribution in [1.82, 2.24) is 0 Å². The van der Waals surface area contributed by atoms with Crippen LogP contribution in [0, 0.1) is 0 Å². The maximum atomic E-state index is 11.9. The summed E-state index contributed by atoms with van der Waals surface area (Å²) in [5.41, 5.74) is 10.5. The average Bonchev–Trinajstić information content (AvgIpc) is 0.851. The van der Waals surface area contributed by atoms with Crippen LogP contribution in [0.15, 0.2) is 291 Å². The summed E-state index contributed by atoms with van der Waals surface area (Å²) >= 11 is 0. The lowest BCUT2D eigenvalue weighted by atomic mass is 10.0. The molecule has 2 N–H and O–H groups in total. The summed E-state index contributed by atoms with van der Waals surface area (Å²) in [6.07, 6.45) is 0. The molecule has 12 aromatic rings. The van der Waals surface area contributed by atoms with Crippen molar-refractivity contribution in [3.05, 3.63) is 319 Å². The maximum Gasteiger partial charge on any atom is 0.343 e. The minimum Gasteiger partial charge on any atom is -0.508 e. The van der Waals surface area contributed by atoms with Gasteiger partial charge >= 0.3 is 47.8 Å². The van der Waals surface area contributed by atoms with E-state index < -0.39 is 35.8 Å². The summed E-state index contributed by atoms with van der Waals surface area (Å²) in [5.74, 6) is 2.40. The van der Waals surface area contributed by atoms with Crippen LogP contribution in [0.1, 0.15) is 86.9 Å². The zero-order valence-electron chi connectivity index (χ0n) is 67.2. The number of carboxylic acid groups (broad SMARTS) is 1. The van der Waals surface area contributed by atoms with Crippen LogP contribution in [0.5, 0.6) is 63.2 Å². The van der Waals surface area contributed by atoms with Crippen molar-refractivity contribution in [3.8, 4) is 108 Å². The molecule has 0 aliphatic carbocycles. The zero-order chi connectivity index (χ0) is 86.6. The number of hydrogen-bond acceptors (Lipinski definition) is 24. The monoisotopic (exact) mass is 1630 g/mol. The number of aromatic hydroxyl groups is 1. The number of benzene rings is 12. The van der Waals surface area contributed by atoms with E-state index in [4.69, 9.17) is 67.1 Å². The fourth-order valence-electron chi connectivity index (χ4n) is 9.94. The number of ether oxygens (including phenoxy) is 14. The Balaban J connectivity index is 0.000000254. The highest BCUT2D eigenvalue weighted by Crippen LogP contribution is 2.29. The molecule has 0 unspecified atom stereocenters. The second-order valence-electron chi connectivity index (χ2n) is 24.2. The Morgan fingerprint density at radius 1 is 0.225 bits per heavy atom. The Bertz CT molecular complexity index is 5170. The van der Waals surface area contributed by atoms with E-state index in [0.717, 1.165) is 68.7 Å². The molecule has 0 spiro atoms. The highest BCUT2D eigenvalue weighted by Gasteiger charge is 2.14. The van der Waals surface area contributed by atoms with Crippen LogP contribution in [-0.2, 0) is 38.1 Å². The molecule has 25 heteroatoms. The molecule has 0 aromatic heterocycles. The lowest BCUT2D eigenvalue weighted by Gasteiger charge is -2.06. The number of methoxy groups -OCH3 is 8. The number of carbonyl (C=O) groups is 9. The number of esters is 8. The fraction of sp³-hybridized carbons (Fsp3) is 0.147. The Kier molecular flexibility index (Phi) is 40.1. The first-order valence-electron chi connectivity index (χ1n) is 35.9. The van der Waals surface area contributed by atoms with Crippen LogP contribution in [0.3, 0.4) is 0 Å². The second-order valence-corrected chi connectivity index (χ2v) is 24.2. The van der Waals surface area contributed by atoms with Gasteiger partial charge in [-0.05, 0) is 239 Å². The third-order valence-electron chi connectivity index (χ3n) is 16.0. The van der Waals surface area contributed by atoms with E-state index in [2.05, 4.69) is 14.2 Å². The lowest BCUT2D eigenvalue weighted by molar-refractivity contribution is -0.149. The second kappa shape index (κ2) is 50.6. The van der Waals surface area contributed by atoms with Gasteiger partial charge in [0.1, 0.15) is 63.2 Å². The minimum absolute atomic E-state index is 0. The Labute approximate surface area is 695 Å². The average molecular weight is 1630 g/mol. The number of rotatable bonds is 21. The largest absolute Gasteiger partial charge is 0.508 e. The van der Waals surface area contributed by atoms with Crippen molar-refractivity contribution < 1.29 is 120 Å². The van der Waals surface area contributed by atoms with Crippen molar-refractivity contribution in [3.63, 3.8) is 0 Å². The molecular weight excluding hydrogens is 1540 g/mol. The summed E-state index contributed by atoms with van der Waals surface area (Å²) in [7, 11) is 12.3. The van der Waals surface area contributed by atoms with E-state index >= 15 is 0 Å². The molecule has 12 rings (SSSR count). The van der Waals surface area contributed by atoms with Crippen molar-refractivity contribution >= 4 is 53.7 Å². The predicted molar refractivity (Wildman–Crippen MR) is 452 cm³/mol. The molecule has 12 aromatic carbocycles. The fourth-order valence-corrected chi connectivity index (χ4v) is 9.94. The molecular formula is C95H92O25. The first kappa shape index (κ1) is 95.1. The van der Waals surface area contributed by atoms with Crippen LogP contribution in [-0.4, -0.2) is 128 Å². The molecule has 25 nitrogen and oxygen atoms in total. The Morgan fingerprint density at radius 2 is 0.400 bits per heavy atom. The van der Waals surface area contributed by atoms with Crippen LogP contribution in [0.25, 0.3) is 44.5 Å². The van der Waals surface area contributed by atoms with Gasteiger partial charge in [0, 0.05) is 27.7 Å². The summed E-state index contributed by atoms with van der Waals surface area (Å²) < 4.78 is 69.4. The summed E-state index contributed by atoms with van der Waals surface area (Å²) in [6, 6.07) is 85.3. The van der Waals surface area contributed by atoms with E-state index in [-0.39, 0.29) is 37.9 Å². The molecule has 622 valence electrons. The molecule has 0 aliphatic heterocycles. The standard InChI is InChI=1S/C17H16O5.C16H14O5.C16H14O4.C15H14O4.C15H14O3.C13H12O2.C2H4O2.CH4/c1-12(18)21-11-22-17(19)15-5-3-13(4-6-15)14-7-9-16(20-2)10-8-14;1-11(17)20-14-5-3-12(4-6-14)16(18)21-15-9-7-13(19-2)8-10-15;1-11(17)20-15-9-7-13(8-10-15)12-3-5-14(6-4-12)16(18)19-2;1-17-12-5-3-11(4-6-12)15(16)19-14-9-7-13(18-2)8-10-14;1-17-14-9-7-12(8-10-14)11-3-5-13(6-4-11)15(16)18-2;1-15-13-8-4-11(5-9-13)10-2-6-12(14)7-3-10;1-2(3)4;/h3-10H,11H2,1-2H3;3-10H,1-2H3;3-10H,1-2H3;3-10H,1-2H3;3-10H,1-2H3;2-9,14H,1H3;1H3,(H,3,4);1H4. The van der Waals surface area contributed by atoms with Crippen molar-refractivity contribution in [2.75, 3.05) is 63.7 Å². The number of carbonyl (C=O) groups excluding carboxylic acids is 8. The van der Waals surface area contributed by atoms with Crippen LogP contribution in [0.2, 0.25) is 0 Å². The van der Waals surface area contributed by atoms with Gasteiger partial charge in [-0.3, -0.25) is 19.2 Å². The molecule has 0 atom stereocenters. The van der Waals surface area contributed by atoms with Crippen molar-refractivity contribution in [2.24, 2.45) is 0 Å². The van der Waals surface area contributed by atoms with Gasteiger partial charge in [0.2, 0.25) is 6.79 Å². The van der Waals surface area contributed by atoms with Gasteiger partial charge in [-0.1, -0.05) is 104 Å². The Morgan fingerprint density at radius 3 is 0.633 bits per heavy atom. The number of aliphatic carboxylic acids is 1. The zero-order valence-corrected chi connectivity index (χ0v) is 67.2. The summed E-state index contributed by atoms with van der Waals surface area (Å²) in [6.45, 7) is 4.62. The third kappa shape index (κ3) is 33.1. The van der Waals surface area contributed by atoms with E-state index in [1.165, 1.54) is 59.3 Å². The van der Waals surface area contributed by atoms with Gasteiger partial charge in [-0.25, -0.2) is 24.0 Å². The van der Waals surface area contributed by atoms with Crippen LogP contribution >= 0.6 is 0 Å². The SMILES string of the molecule is C.CC(=O)O.COC(=O)c1ccc(-c2ccc(OC(C)=O)cc2)cc1.COC(=O)c1ccc(-c2ccc(OC)cc2)cc1.COc1ccc(-c2ccc(C(=O)OCOC(C)=O)cc2)cc1.COc1ccc(-c2ccc(O)cc2)cc1.COc1ccc(OC(=O)c2ccc(OC(C)=O)cc2)cc1.COc1ccc(OC(=O)c2ccc(OC)cc2)cc1. The quantitative estimate of drug-likeness (QED) is 0.0292. The number of phenolic OH excluding ortho intramolecular Hbond substituents is 1. The van der Waals surface area contributed by atoms with E-state index in [1.54, 1.807) is 176 Å². The molecule has 0 aliphatic rings.